The lowest BCUT2D eigenvalue weighted by atomic mass is 9.91. The Labute approximate surface area is 115 Å². The van der Waals surface area contributed by atoms with Crippen molar-refractivity contribution in [3.05, 3.63) is 35.4 Å². The van der Waals surface area contributed by atoms with Crippen LogP contribution in [0.5, 0.6) is 0 Å². The van der Waals surface area contributed by atoms with Crippen LogP contribution in [0.1, 0.15) is 41.6 Å². The zero-order chi connectivity index (χ0) is 12.3. The fourth-order valence-electron chi connectivity index (χ4n) is 2.32. The van der Waals surface area contributed by atoms with Crippen LogP contribution in [-0.4, -0.2) is 18.0 Å². The van der Waals surface area contributed by atoms with Gasteiger partial charge >= 0.3 is 0 Å². The summed E-state index contributed by atoms with van der Waals surface area (Å²) < 4.78 is 0. The molecule has 4 heteroatoms. The number of amides is 1. The average Bonchev–Trinajstić information content (AvgIpc) is 2.32. The van der Waals surface area contributed by atoms with Crippen molar-refractivity contribution < 1.29 is 4.79 Å². The van der Waals surface area contributed by atoms with E-state index in [0.717, 1.165) is 36.8 Å². The van der Waals surface area contributed by atoms with Gasteiger partial charge in [0.25, 0.3) is 5.91 Å². The third-order valence-electron chi connectivity index (χ3n) is 3.39. The van der Waals surface area contributed by atoms with Gasteiger partial charge < -0.3 is 11.1 Å². The van der Waals surface area contributed by atoms with Gasteiger partial charge in [0, 0.05) is 17.6 Å². The standard InChI is InChI=1S/C14H20N2O.ClH/c1-10-3-2-4-11(9-10)14(17)16-13-7-5-12(15)6-8-13;/h2-4,9,12-13H,5-8,15H2,1H3,(H,16,17);1H. The summed E-state index contributed by atoms with van der Waals surface area (Å²) in [6, 6.07) is 8.31. The highest BCUT2D eigenvalue weighted by Crippen LogP contribution is 2.17. The van der Waals surface area contributed by atoms with Crippen LogP contribution in [0.3, 0.4) is 0 Å². The summed E-state index contributed by atoms with van der Waals surface area (Å²) in [5.74, 6) is 0.0363. The number of rotatable bonds is 2. The molecule has 0 aromatic heterocycles. The van der Waals surface area contributed by atoms with E-state index in [0.29, 0.717) is 12.1 Å². The molecule has 100 valence electrons. The van der Waals surface area contributed by atoms with Gasteiger partial charge in [0.05, 0.1) is 0 Å². The van der Waals surface area contributed by atoms with Crippen LogP contribution in [0.15, 0.2) is 24.3 Å². The summed E-state index contributed by atoms with van der Waals surface area (Å²) in [5.41, 5.74) is 7.71. The number of carbonyl (C=O) groups excluding carboxylic acids is 1. The fraction of sp³-hybridized carbons (Fsp3) is 0.500. The van der Waals surface area contributed by atoms with Gasteiger partial charge in [-0.05, 0) is 44.7 Å². The summed E-state index contributed by atoms with van der Waals surface area (Å²) in [4.78, 5) is 12.0. The second kappa shape index (κ2) is 6.76. The number of aryl methyl sites for hydroxylation is 1. The molecule has 3 N–H and O–H groups in total. The van der Waals surface area contributed by atoms with Gasteiger partial charge in [-0.3, -0.25) is 4.79 Å². The minimum atomic E-state index is 0. The molecule has 0 radical (unpaired) electrons. The van der Waals surface area contributed by atoms with Crippen molar-refractivity contribution in [2.24, 2.45) is 5.73 Å². The summed E-state index contributed by atoms with van der Waals surface area (Å²) >= 11 is 0. The molecule has 1 aliphatic carbocycles. The molecule has 0 saturated heterocycles. The molecule has 1 aromatic rings. The minimum absolute atomic E-state index is 0. The van der Waals surface area contributed by atoms with Gasteiger partial charge in [-0.2, -0.15) is 0 Å². The van der Waals surface area contributed by atoms with Crippen molar-refractivity contribution in [1.29, 1.82) is 0 Å². The lowest BCUT2D eigenvalue weighted by molar-refractivity contribution is 0.0926. The Hall–Kier alpha value is -1.06. The predicted molar refractivity (Wildman–Crippen MR) is 76.1 cm³/mol. The highest BCUT2D eigenvalue weighted by atomic mass is 35.5. The van der Waals surface area contributed by atoms with E-state index in [1.807, 2.05) is 31.2 Å². The van der Waals surface area contributed by atoms with E-state index in [-0.39, 0.29) is 18.3 Å². The molecule has 1 fully saturated rings. The van der Waals surface area contributed by atoms with Crippen molar-refractivity contribution in [1.82, 2.24) is 5.32 Å². The van der Waals surface area contributed by atoms with Crippen LogP contribution in [0, 0.1) is 6.92 Å². The number of nitrogens with one attached hydrogen (secondary N) is 1. The van der Waals surface area contributed by atoms with Gasteiger partial charge in [-0.15, -0.1) is 12.4 Å². The van der Waals surface area contributed by atoms with Crippen molar-refractivity contribution in [2.75, 3.05) is 0 Å². The highest BCUT2D eigenvalue weighted by Gasteiger charge is 2.20. The van der Waals surface area contributed by atoms with Crippen LogP contribution < -0.4 is 11.1 Å². The monoisotopic (exact) mass is 268 g/mol. The second-order valence-electron chi connectivity index (χ2n) is 4.95. The Morgan fingerprint density at radius 2 is 1.94 bits per heavy atom. The summed E-state index contributed by atoms with van der Waals surface area (Å²) in [7, 11) is 0. The Bertz CT molecular complexity index is 401. The third-order valence-corrected chi connectivity index (χ3v) is 3.39. The summed E-state index contributed by atoms with van der Waals surface area (Å²) in [5, 5.41) is 3.09. The first-order valence-corrected chi connectivity index (χ1v) is 6.28. The molecule has 1 amide bonds. The molecule has 0 heterocycles. The fourth-order valence-corrected chi connectivity index (χ4v) is 2.32. The van der Waals surface area contributed by atoms with E-state index < -0.39 is 0 Å². The van der Waals surface area contributed by atoms with E-state index in [9.17, 15) is 4.79 Å². The molecule has 2 rings (SSSR count). The molecule has 0 atom stereocenters. The van der Waals surface area contributed by atoms with Crippen LogP contribution in [-0.2, 0) is 0 Å². The molecule has 1 aliphatic rings. The Morgan fingerprint density at radius 1 is 1.28 bits per heavy atom. The molecule has 0 aliphatic heterocycles. The Balaban J connectivity index is 0.00000162. The predicted octanol–water partition coefficient (Wildman–Crippen LogP) is 2.42. The molecule has 0 bridgehead atoms. The highest BCUT2D eigenvalue weighted by molar-refractivity contribution is 5.94. The van der Waals surface area contributed by atoms with Crippen LogP contribution in [0.2, 0.25) is 0 Å². The van der Waals surface area contributed by atoms with Gasteiger partial charge in [-0.25, -0.2) is 0 Å². The largest absolute Gasteiger partial charge is 0.349 e. The SMILES string of the molecule is Cc1cccc(C(=O)NC2CCC(N)CC2)c1.Cl. The first kappa shape index (κ1) is 15.0. The maximum absolute atomic E-state index is 12.0. The zero-order valence-electron chi connectivity index (χ0n) is 10.7. The number of benzene rings is 1. The number of nitrogens with two attached hydrogens (primary N) is 1. The normalized spacial score (nSPS) is 23.0. The third kappa shape index (κ3) is 4.00. The van der Waals surface area contributed by atoms with Gasteiger partial charge in [0.15, 0.2) is 0 Å². The summed E-state index contributed by atoms with van der Waals surface area (Å²) in [6.07, 6.45) is 4.02. The molecule has 1 saturated carbocycles. The average molecular weight is 269 g/mol. The van der Waals surface area contributed by atoms with E-state index in [1.165, 1.54) is 0 Å². The first-order chi connectivity index (χ1) is 8.15. The second-order valence-corrected chi connectivity index (χ2v) is 4.95. The van der Waals surface area contributed by atoms with E-state index in [2.05, 4.69) is 5.32 Å². The minimum Gasteiger partial charge on any atom is -0.349 e. The van der Waals surface area contributed by atoms with Gasteiger partial charge in [0.1, 0.15) is 0 Å². The molecule has 0 spiro atoms. The zero-order valence-corrected chi connectivity index (χ0v) is 11.5. The van der Waals surface area contributed by atoms with Crippen molar-refractivity contribution in [3.8, 4) is 0 Å². The quantitative estimate of drug-likeness (QED) is 0.866. The van der Waals surface area contributed by atoms with Gasteiger partial charge in [0.2, 0.25) is 0 Å². The van der Waals surface area contributed by atoms with Crippen LogP contribution in [0.4, 0.5) is 0 Å². The van der Waals surface area contributed by atoms with Crippen molar-refractivity contribution in [3.63, 3.8) is 0 Å². The Morgan fingerprint density at radius 3 is 2.56 bits per heavy atom. The van der Waals surface area contributed by atoms with Gasteiger partial charge in [-0.1, -0.05) is 17.7 Å². The smallest absolute Gasteiger partial charge is 0.251 e. The maximum atomic E-state index is 12.0. The topological polar surface area (TPSA) is 55.1 Å². The van der Waals surface area contributed by atoms with Crippen molar-refractivity contribution >= 4 is 18.3 Å². The number of hydrogen-bond acceptors (Lipinski definition) is 2. The van der Waals surface area contributed by atoms with Crippen molar-refractivity contribution in [2.45, 2.75) is 44.7 Å². The Kier molecular flexibility index (Phi) is 5.63. The molecule has 0 unspecified atom stereocenters. The summed E-state index contributed by atoms with van der Waals surface area (Å²) in [6.45, 7) is 2.00. The molecule has 1 aromatic carbocycles. The number of halogens is 1. The van der Waals surface area contributed by atoms with E-state index in [1.54, 1.807) is 0 Å². The maximum Gasteiger partial charge on any atom is 0.251 e. The molecule has 18 heavy (non-hydrogen) atoms. The first-order valence-electron chi connectivity index (χ1n) is 6.28. The molecular weight excluding hydrogens is 248 g/mol. The van der Waals surface area contributed by atoms with Crippen LogP contribution >= 0.6 is 12.4 Å². The lowest BCUT2D eigenvalue weighted by Gasteiger charge is -2.26. The lowest BCUT2D eigenvalue weighted by Crippen LogP contribution is -2.40. The van der Waals surface area contributed by atoms with E-state index in [4.69, 9.17) is 5.73 Å². The molecular formula is C14H21ClN2O. The van der Waals surface area contributed by atoms with E-state index >= 15 is 0 Å². The number of carbonyl (C=O) groups is 1. The number of hydrogen-bond donors (Lipinski definition) is 2. The molecule has 3 nitrogen and oxygen atoms in total. The van der Waals surface area contributed by atoms with Crippen LogP contribution in [0.25, 0.3) is 0 Å².